The summed E-state index contributed by atoms with van der Waals surface area (Å²) in [5, 5.41) is 15.5. The molecule has 3 heterocycles. The smallest absolute Gasteiger partial charge is 0.297 e. The average Bonchev–Trinajstić information content (AvgIpc) is 3.17. The lowest BCUT2D eigenvalue weighted by molar-refractivity contribution is -0.380. The summed E-state index contributed by atoms with van der Waals surface area (Å²) in [5.74, 6) is -0.397. The maximum atomic E-state index is 12.0. The number of thiophene rings is 2. The summed E-state index contributed by atoms with van der Waals surface area (Å²) in [7, 11) is 0. The summed E-state index contributed by atoms with van der Waals surface area (Å²) in [6.07, 6.45) is 0. The third-order valence-electron chi connectivity index (χ3n) is 2.55. The van der Waals surface area contributed by atoms with Gasteiger partial charge in [0.05, 0.1) is 24.2 Å². The second-order valence-corrected chi connectivity index (χ2v) is 8.37. The van der Waals surface area contributed by atoms with Crippen molar-refractivity contribution in [1.82, 2.24) is 4.98 Å². The van der Waals surface area contributed by atoms with Crippen LogP contribution in [0.25, 0.3) is 10.6 Å². The predicted octanol–water partition coefficient (Wildman–Crippen LogP) is 4.86. The number of amides is 1. The molecule has 3 aromatic rings. The molecule has 0 saturated carbocycles. The van der Waals surface area contributed by atoms with E-state index in [0.717, 1.165) is 25.7 Å². The van der Waals surface area contributed by atoms with Crippen LogP contribution in [0, 0.1) is 10.1 Å². The van der Waals surface area contributed by atoms with Gasteiger partial charge in [0.25, 0.3) is 5.91 Å². The summed E-state index contributed by atoms with van der Waals surface area (Å²) in [4.78, 5) is 27.8. The third-order valence-corrected chi connectivity index (χ3v) is 5.99. The van der Waals surface area contributed by atoms with Crippen LogP contribution < -0.4 is 5.32 Å². The van der Waals surface area contributed by atoms with Gasteiger partial charge in [0, 0.05) is 11.4 Å². The molecule has 22 heavy (non-hydrogen) atoms. The number of hydrogen-bond acceptors (Lipinski definition) is 7. The van der Waals surface area contributed by atoms with Crippen molar-refractivity contribution < 1.29 is 9.72 Å². The molecule has 6 nitrogen and oxygen atoms in total. The molecule has 10 heteroatoms. The van der Waals surface area contributed by atoms with Crippen LogP contribution in [0.4, 0.5) is 10.1 Å². The fourth-order valence-corrected chi connectivity index (χ4v) is 4.45. The van der Waals surface area contributed by atoms with Gasteiger partial charge in [0.1, 0.15) is 0 Å². The minimum Gasteiger partial charge on any atom is -0.297 e. The Labute approximate surface area is 144 Å². The van der Waals surface area contributed by atoms with Gasteiger partial charge in [-0.1, -0.05) is 11.3 Å². The van der Waals surface area contributed by atoms with Crippen LogP contribution in [0.15, 0.2) is 33.4 Å². The van der Waals surface area contributed by atoms with Crippen molar-refractivity contribution in [3.8, 4) is 10.6 Å². The fourth-order valence-electron chi connectivity index (χ4n) is 1.60. The van der Waals surface area contributed by atoms with Gasteiger partial charge in [-0.2, -0.15) is 0 Å². The third kappa shape index (κ3) is 3.24. The highest BCUT2D eigenvalue weighted by atomic mass is 79.9. The van der Waals surface area contributed by atoms with Crippen LogP contribution in [0.1, 0.15) is 9.67 Å². The highest BCUT2D eigenvalue weighted by Gasteiger charge is 2.16. The van der Waals surface area contributed by atoms with Gasteiger partial charge in [-0.15, -0.1) is 22.7 Å². The van der Waals surface area contributed by atoms with Gasteiger partial charge in [-0.05, 0) is 34.1 Å². The zero-order valence-electron chi connectivity index (χ0n) is 10.6. The molecule has 0 unspecified atom stereocenters. The summed E-state index contributed by atoms with van der Waals surface area (Å²) in [6.45, 7) is 0. The first-order chi connectivity index (χ1) is 10.5. The summed E-state index contributed by atoms with van der Waals surface area (Å²) in [5.41, 5.74) is 0.785. The zero-order chi connectivity index (χ0) is 15.7. The Morgan fingerprint density at radius 1 is 1.27 bits per heavy atom. The molecule has 0 bridgehead atoms. The minimum atomic E-state index is -0.516. The standard InChI is InChI=1S/C12H6BrN3O3S3/c13-9-3-1-7(21-9)6-5-20-12(14-6)15-11(17)8-2-4-10(22-8)16(18)19/h1-5H,(H,14,15,17). The van der Waals surface area contributed by atoms with Crippen molar-refractivity contribution in [3.63, 3.8) is 0 Å². The van der Waals surface area contributed by atoms with E-state index in [1.165, 1.54) is 23.5 Å². The van der Waals surface area contributed by atoms with Gasteiger partial charge in [0.2, 0.25) is 0 Å². The number of aromatic nitrogens is 1. The molecule has 0 aliphatic rings. The number of carbonyl (C=O) groups excluding carboxylic acids is 1. The number of nitrogens with zero attached hydrogens (tertiary/aromatic N) is 2. The molecule has 0 radical (unpaired) electrons. The molecule has 0 spiro atoms. The maximum absolute atomic E-state index is 12.0. The van der Waals surface area contributed by atoms with Crippen molar-refractivity contribution in [1.29, 1.82) is 0 Å². The lowest BCUT2D eigenvalue weighted by Crippen LogP contribution is -2.09. The second-order valence-electron chi connectivity index (χ2n) is 3.99. The molecule has 3 aromatic heterocycles. The van der Waals surface area contributed by atoms with E-state index in [1.54, 1.807) is 11.3 Å². The molecule has 3 rings (SSSR count). The van der Waals surface area contributed by atoms with Crippen molar-refractivity contribution in [2.45, 2.75) is 0 Å². The SMILES string of the molecule is O=C(Nc1nc(-c2ccc(Br)s2)cs1)c1ccc([N+](=O)[O-])s1. The first-order valence-corrected chi connectivity index (χ1v) is 9.10. The van der Waals surface area contributed by atoms with Crippen LogP contribution in [-0.4, -0.2) is 15.8 Å². The molecule has 0 aromatic carbocycles. The average molecular weight is 416 g/mol. The van der Waals surface area contributed by atoms with Crippen LogP contribution in [0.2, 0.25) is 0 Å². The lowest BCUT2D eigenvalue weighted by Gasteiger charge is -1.97. The Bertz CT molecular complexity index is 855. The molecule has 1 N–H and O–H groups in total. The molecule has 1 amide bonds. The van der Waals surface area contributed by atoms with E-state index in [9.17, 15) is 14.9 Å². The molecular formula is C12H6BrN3O3S3. The highest BCUT2D eigenvalue weighted by molar-refractivity contribution is 9.11. The lowest BCUT2D eigenvalue weighted by atomic mass is 10.4. The predicted molar refractivity (Wildman–Crippen MR) is 92.1 cm³/mol. The Morgan fingerprint density at radius 2 is 2.09 bits per heavy atom. The van der Waals surface area contributed by atoms with Gasteiger partial charge >= 0.3 is 5.00 Å². The molecule has 112 valence electrons. The maximum Gasteiger partial charge on any atom is 0.324 e. The number of anilines is 1. The van der Waals surface area contributed by atoms with E-state index in [-0.39, 0.29) is 9.88 Å². The molecule has 0 atom stereocenters. The van der Waals surface area contributed by atoms with Crippen LogP contribution >= 0.6 is 49.9 Å². The summed E-state index contributed by atoms with van der Waals surface area (Å²) in [6, 6.07) is 6.62. The monoisotopic (exact) mass is 415 g/mol. The number of nitrogens with one attached hydrogen (secondary N) is 1. The number of carbonyl (C=O) groups is 1. The fraction of sp³-hybridized carbons (Fsp3) is 0. The number of nitro groups is 1. The molecular weight excluding hydrogens is 410 g/mol. The Balaban J connectivity index is 1.74. The molecule has 0 aliphatic heterocycles. The van der Waals surface area contributed by atoms with E-state index in [1.807, 2.05) is 17.5 Å². The number of halogens is 1. The van der Waals surface area contributed by atoms with E-state index in [0.29, 0.717) is 5.13 Å². The van der Waals surface area contributed by atoms with Crippen molar-refractivity contribution in [2.24, 2.45) is 0 Å². The van der Waals surface area contributed by atoms with Gasteiger partial charge in [-0.25, -0.2) is 4.98 Å². The quantitative estimate of drug-likeness (QED) is 0.486. The zero-order valence-corrected chi connectivity index (χ0v) is 14.6. The van der Waals surface area contributed by atoms with E-state index >= 15 is 0 Å². The minimum absolute atomic E-state index is 0.0617. The number of thiazole rings is 1. The Morgan fingerprint density at radius 3 is 2.73 bits per heavy atom. The Hall–Kier alpha value is -1.62. The van der Waals surface area contributed by atoms with Crippen molar-refractivity contribution >= 4 is 66.0 Å². The van der Waals surface area contributed by atoms with Crippen LogP contribution in [0.5, 0.6) is 0 Å². The summed E-state index contributed by atoms with van der Waals surface area (Å²) >= 11 is 7.09. The van der Waals surface area contributed by atoms with Crippen LogP contribution in [0.3, 0.4) is 0 Å². The summed E-state index contributed by atoms with van der Waals surface area (Å²) < 4.78 is 1.01. The normalized spacial score (nSPS) is 10.6. The largest absolute Gasteiger partial charge is 0.324 e. The van der Waals surface area contributed by atoms with Crippen molar-refractivity contribution in [3.05, 3.63) is 48.4 Å². The second kappa shape index (κ2) is 6.24. The number of rotatable bonds is 4. The molecule has 0 saturated heterocycles. The highest BCUT2D eigenvalue weighted by Crippen LogP contribution is 2.33. The van der Waals surface area contributed by atoms with E-state index in [2.05, 4.69) is 26.2 Å². The van der Waals surface area contributed by atoms with E-state index in [4.69, 9.17) is 0 Å². The first-order valence-electron chi connectivity index (χ1n) is 5.80. The van der Waals surface area contributed by atoms with E-state index < -0.39 is 10.8 Å². The van der Waals surface area contributed by atoms with Crippen LogP contribution in [-0.2, 0) is 0 Å². The topological polar surface area (TPSA) is 85.1 Å². The van der Waals surface area contributed by atoms with Gasteiger partial charge in [0.15, 0.2) is 5.13 Å². The Kier molecular flexibility index (Phi) is 4.34. The number of hydrogen-bond donors (Lipinski definition) is 1. The van der Waals surface area contributed by atoms with Gasteiger partial charge < -0.3 is 0 Å². The van der Waals surface area contributed by atoms with Gasteiger partial charge in [-0.3, -0.25) is 20.2 Å². The molecule has 0 aliphatic carbocycles. The van der Waals surface area contributed by atoms with Crippen molar-refractivity contribution in [2.75, 3.05) is 5.32 Å². The molecule has 0 fully saturated rings. The first kappa shape index (κ1) is 15.3.